The first-order valence-corrected chi connectivity index (χ1v) is 23.8. The summed E-state index contributed by atoms with van der Waals surface area (Å²) in [5.41, 5.74) is 0. The Morgan fingerprint density at radius 2 is 1.02 bits per heavy atom. The molecule has 0 spiro atoms. The first-order valence-electron chi connectivity index (χ1n) is 15.4. The van der Waals surface area contributed by atoms with Gasteiger partial charge in [0.15, 0.2) is 24.8 Å². The van der Waals surface area contributed by atoms with E-state index in [1.807, 2.05) is 0 Å². The predicted octanol–water partition coefficient (Wildman–Crippen LogP) is -7.65. The number of aliphatic hydroxyl groups is 2. The molecule has 0 aromatic heterocycles. The van der Waals surface area contributed by atoms with E-state index >= 15 is 0 Å². The molecule has 0 saturated carbocycles. The number of aliphatic carboxylic acids is 1. The van der Waals surface area contributed by atoms with E-state index in [1.165, 1.54) is 9.44 Å². The molecule has 40 heteroatoms. The third kappa shape index (κ3) is 15.9. The van der Waals surface area contributed by atoms with Gasteiger partial charge in [-0.15, -0.1) is 0 Å². The minimum Gasteiger partial charge on any atom is -0.479 e. The van der Waals surface area contributed by atoms with E-state index in [9.17, 15) is 88.8 Å². The van der Waals surface area contributed by atoms with E-state index in [0.717, 1.165) is 6.92 Å². The molecule has 0 aromatic rings. The van der Waals surface area contributed by atoms with Crippen LogP contribution in [0.4, 0.5) is 0 Å². The van der Waals surface area contributed by atoms with Crippen LogP contribution in [0.2, 0.25) is 0 Å². The SMILES string of the molecule is CO[C@H]1[C@H](OS(=O)(=O)O)[C@@H](NS(=O)(=O)O)[C@@H](O[C@H]2[C@H](O)[C@@H](OS(=O)(=O)O)[C@H](O[C@H]3[C@H](O)[C@@H](NS(=O)(=O)O)C(C)O[C@@H]3COS(=O)(=O)O)O[C@H]2C(=O)O)O[C@@H]1COS(=O)(=O)O. The molecule has 3 heterocycles. The van der Waals surface area contributed by atoms with Crippen molar-refractivity contribution in [1.82, 2.24) is 9.44 Å². The Morgan fingerprint density at radius 1 is 0.567 bits per heavy atom. The second-order valence-electron chi connectivity index (χ2n) is 12.2. The van der Waals surface area contributed by atoms with E-state index in [1.54, 1.807) is 0 Å². The summed E-state index contributed by atoms with van der Waals surface area (Å²) in [7, 11) is -32.6. The first-order chi connectivity index (χ1) is 27.0. The molecule has 3 fully saturated rings. The molecule has 3 aliphatic rings. The van der Waals surface area contributed by atoms with Gasteiger partial charge in [-0.05, 0) is 6.92 Å². The quantitative estimate of drug-likeness (QED) is 0.0505. The Labute approximate surface area is 338 Å². The smallest absolute Gasteiger partial charge is 0.397 e. The highest BCUT2D eigenvalue weighted by molar-refractivity contribution is 7.84. The van der Waals surface area contributed by atoms with Crippen LogP contribution in [0, 0.1) is 0 Å². The molecule has 0 radical (unpaired) electrons. The number of methoxy groups -OCH3 is 1. The zero-order valence-electron chi connectivity index (χ0n) is 29.4. The Morgan fingerprint density at radius 3 is 1.45 bits per heavy atom. The Balaban J connectivity index is 2.17. The third-order valence-corrected chi connectivity index (χ3v) is 11.0. The van der Waals surface area contributed by atoms with Crippen molar-refractivity contribution in [3.63, 3.8) is 0 Å². The molecule has 60 heavy (non-hydrogen) atoms. The third-order valence-electron chi connectivity index (χ3n) is 8.03. The molecular formula is C20H36N2O32S6. The van der Waals surface area contributed by atoms with Crippen molar-refractivity contribution in [2.24, 2.45) is 0 Å². The van der Waals surface area contributed by atoms with Crippen molar-refractivity contribution in [3.8, 4) is 0 Å². The van der Waals surface area contributed by atoms with Gasteiger partial charge in [-0.3, -0.25) is 27.3 Å². The summed E-state index contributed by atoms with van der Waals surface area (Å²) in [6, 6.07) is -4.63. The van der Waals surface area contributed by atoms with Gasteiger partial charge in [0.25, 0.3) is 0 Å². The second kappa shape index (κ2) is 19.6. The summed E-state index contributed by atoms with van der Waals surface area (Å²) < 4.78 is 248. The number of hydrogen-bond acceptors (Lipinski definition) is 25. The number of nitrogens with one attached hydrogen (secondary N) is 2. The van der Waals surface area contributed by atoms with E-state index < -0.39 is 173 Å². The standard InChI is InChI=1S/C20H36N2O32S6/c1-5-8(21-55(27,28)29)10(23)12(6(48-5)3-46-57(33,34)35)50-20-16(54-60(42,43)44)11(24)15(17(52-20)18(25)26)51-19-9(22-56(30,31)32)14(53-59(39,40)41)13(45-2)7(49-19)4-47-58(36,37)38/h5-17,19-24H,3-4H2,1-2H3,(H,25,26)(H,27,28,29)(H,30,31,32)(H,33,34,35)(H,36,37,38)(H,39,40,41)(H,42,43,44)/t5?,6-,7-,8+,9-,10-,11+,12-,13-,14-,15+,16-,17-,19-,20-/m1/s1. The van der Waals surface area contributed by atoms with Crippen LogP contribution >= 0.6 is 0 Å². The summed E-state index contributed by atoms with van der Waals surface area (Å²) in [6.07, 6.45) is -32.5. The van der Waals surface area contributed by atoms with Crippen LogP contribution in [0.1, 0.15) is 6.92 Å². The number of carbonyl (C=O) groups is 1. The van der Waals surface area contributed by atoms with Gasteiger partial charge in [0, 0.05) is 7.11 Å². The fraction of sp³-hybridized carbons (Fsp3) is 0.950. The first kappa shape index (κ1) is 52.7. The number of carboxylic acids is 1. The maximum absolute atomic E-state index is 12.6. The van der Waals surface area contributed by atoms with Crippen LogP contribution in [0.5, 0.6) is 0 Å². The summed E-state index contributed by atoms with van der Waals surface area (Å²) >= 11 is 0. The van der Waals surface area contributed by atoms with Crippen molar-refractivity contribution in [3.05, 3.63) is 0 Å². The average Bonchev–Trinajstić information content (AvgIpc) is 3.03. The summed E-state index contributed by atoms with van der Waals surface area (Å²) in [4.78, 5) is 12.6. The number of carboxylic acid groups (broad SMARTS) is 1. The Kier molecular flexibility index (Phi) is 17.2. The number of hydrogen-bond donors (Lipinski definition) is 11. The molecule has 3 saturated heterocycles. The van der Waals surface area contributed by atoms with Gasteiger partial charge >= 0.3 is 68.2 Å². The van der Waals surface area contributed by atoms with Crippen molar-refractivity contribution < 1.29 is 143 Å². The van der Waals surface area contributed by atoms with Gasteiger partial charge < -0.3 is 43.7 Å². The zero-order chi connectivity index (χ0) is 46.1. The minimum absolute atomic E-state index is 0.715. The van der Waals surface area contributed by atoms with E-state index in [0.29, 0.717) is 7.11 Å². The van der Waals surface area contributed by atoms with Crippen LogP contribution in [-0.2, 0) is 112 Å². The molecule has 354 valence electrons. The van der Waals surface area contributed by atoms with Crippen molar-refractivity contribution in [1.29, 1.82) is 0 Å². The molecule has 0 aromatic carbocycles. The lowest BCUT2D eigenvalue weighted by atomic mass is 9.93. The fourth-order valence-electron chi connectivity index (χ4n) is 5.92. The van der Waals surface area contributed by atoms with Crippen molar-refractivity contribution in [2.45, 2.75) is 98.7 Å². The Hall–Kier alpha value is -1.63. The summed E-state index contributed by atoms with van der Waals surface area (Å²) in [5.74, 6) is -2.27. The molecule has 34 nitrogen and oxygen atoms in total. The lowest BCUT2D eigenvalue weighted by molar-refractivity contribution is -0.352. The van der Waals surface area contributed by atoms with E-state index in [-0.39, 0.29) is 0 Å². The average molecular weight is 1010 g/mol. The van der Waals surface area contributed by atoms with Gasteiger partial charge in [-0.1, -0.05) is 0 Å². The van der Waals surface area contributed by atoms with Gasteiger partial charge in [0.1, 0.15) is 54.9 Å². The second-order valence-corrected chi connectivity index (χ2v) is 18.9. The number of rotatable bonds is 20. The molecule has 3 aliphatic heterocycles. The lowest BCUT2D eigenvalue weighted by Crippen LogP contribution is -2.70. The van der Waals surface area contributed by atoms with Gasteiger partial charge in [0.05, 0.1) is 25.4 Å². The molecular weight excluding hydrogens is 973 g/mol. The fourth-order valence-corrected chi connectivity index (χ4v) is 8.79. The van der Waals surface area contributed by atoms with Gasteiger partial charge in [0.2, 0.25) is 0 Å². The number of ether oxygens (including phenoxy) is 6. The normalized spacial score (nSPS) is 36.5. The minimum atomic E-state index is -5.89. The summed E-state index contributed by atoms with van der Waals surface area (Å²) in [5, 5.41) is 32.6. The molecule has 3 rings (SSSR count). The van der Waals surface area contributed by atoms with Gasteiger partial charge in [-0.25, -0.2) is 21.5 Å². The predicted molar refractivity (Wildman–Crippen MR) is 177 cm³/mol. The highest BCUT2D eigenvalue weighted by atomic mass is 32.3. The molecule has 11 N–H and O–H groups in total. The van der Waals surface area contributed by atoms with Crippen LogP contribution in [-0.4, -0.2) is 211 Å². The molecule has 15 atom stereocenters. The largest absolute Gasteiger partial charge is 0.479 e. The van der Waals surface area contributed by atoms with Crippen LogP contribution < -0.4 is 9.44 Å². The molecule has 0 aliphatic carbocycles. The van der Waals surface area contributed by atoms with Crippen LogP contribution in [0.3, 0.4) is 0 Å². The van der Waals surface area contributed by atoms with Crippen LogP contribution in [0.15, 0.2) is 0 Å². The maximum Gasteiger partial charge on any atom is 0.397 e. The highest BCUT2D eigenvalue weighted by Gasteiger charge is 2.58. The maximum atomic E-state index is 12.6. The highest BCUT2D eigenvalue weighted by Crippen LogP contribution is 2.36. The van der Waals surface area contributed by atoms with E-state index in [2.05, 4.69) is 16.7 Å². The summed E-state index contributed by atoms with van der Waals surface area (Å²) in [6.45, 7) is -1.78. The lowest BCUT2D eigenvalue weighted by Gasteiger charge is -2.49. The molecule has 0 amide bonds. The van der Waals surface area contributed by atoms with Crippen molar-refractivity contribution >= 4 is 68.2 Å². The molecule has 1 unspecified atom stereocenters. The number of aliphatic hydroxyl groups excluding tert-OH is 2. The monoisotopic (exact) mass is 1010 g/mol. The van der Waals surface area contributed by atoms with E-state index in [4.69, 9.17) is 37.5 Å². The molecule has 0 bridgehead atoms. The van der Waals surface area contributed by atoms with Crippen LogP contribution in [0.25, 0.3) is 0 Å². The Bertz CT molecular complexity index is 2180. The van der Waals surface area contributed by atoms with Gasteiger partial charge in [-0.2, -0.15) is 60.0 Å². The van der Waals surface area contributed by atoms with Crippen molar-refractivity contribution in [2.75, 3.05) is 20.3 Å². The topological polar surface area (TPSA) is 520 Å². The zero-order valence-corrected chi connectivity index (χ0v) is 34.3.